The van der Waals surface area contributed by atoms with Gasteiger partial charge in [-0.3, -0.25) is 15.0 Å². The molecule has 6 nitrogen and oxygen atoms in total. The molecule has 1 atom stereocenters. The quantitative estimate of drug-likeness (QED) is 0.916. The molecule has 1 aromatic heterocycles. The highest BCUT2D eigenvalue weighted by atomic mass is 16.5. The van der Waals surface area contributed by atoms with Crippen LogP contribution in [0.15, 0.2) is 10.6 Å². The molecule has 0 radical (unpaired) electrons. The molecule has 1 amide bonds. The third-order valence-corrected chi connectivity index (χ3v) is 4.77. The van der Waals surface area contributed by atoms with Crippen LogP contribution >= 0.6 is 0 Å². The minimum absolute atomic E-state index is 0.0254. The number of anilines is 1. The molecule has 0 aliphatic carbocycles. The Bertz CT molecular complexity index is 558. The SMILES string of the molecule is CC(C)(C)Cc1cc(NC(=O)[C@@H]2CCCN2C2CCOCC2)on1. The minimum atomic E-state index is -0.0655. The fraction of sp³-hybridized carbons (Fsp3) is 0.778. The van der Waals surface area contributed by atoms with Crippen LogP contribution < -0.4 is 5.32 Å². The van der Waals surface area contributed by atoms with E-state index in [1.54, 1.807) is 0 Å². The van der Waals surface area contributed by atoms with Crippen molar-refractivity contribution in [3.63, 3.8) is 0 Å². The molecule has 0 unspecified atom stereocenters. The number of hydrogen-bond donors (Lipinski definition) is 1. The molecule has 1 N–H and O–H groups in total. The lowest BCUT2D eigenvalue weighted by Gasteiger charge is -2.34. The van der Waals surface area contributed by atoms with Crippen LogP contribution in [0.5, 0.6) is 0 Å². The lowest BCUT2D eigenvalue weighted by atomic mass is 9.91. The zero-order valence-corrected chi connectivity index (χ0v) is 15.0. The van der Waals surface area contributed by atoms with E-state index in [9.17, 15) is 4.79 Å². The molecule has 0 spiro atoms. The molecule has 2 saturated heterocycles. The minimum Gasteiger partial charge on any atom is -0.381 e. The molecule has 3 heterocycles. The number of rotatable bonds is 4. The van der Waals surface area contributed by atoms with Gasteiger partial charge in [0.25, 0.3) is 0 Å². The lowest BCUT2D eigenvalue weighted by Crippen LogP contribution is -2.47. The van der Waals surface area contributed by atoms with Crippen molar-refractivity contribution in [2.24, 2.45) is 5.41 Å². The van der Waals surface area contributed by atoms with Gasteiger partial charge in [-0.05, 0) is 44.1 Å². The Labute approximate surface area is 143 Å². The van der Waals surface area contributed by atoms with Gasteiger partial charge in [-0.15, -0.1) is 0 Å². The highest BCUT2D eigenvalue weighted by Gasteiger charge is 2.36. The third-order valence-electron chi connectivity index (χ3n) is 4.77. The molecule has 0 saturated carbocycles. The summed E-state index contributed by atoms with van der Waals surface area (Å²) in [4.78, 5) is 15.0. The summed E-state index contributed by atoms with van der Waals surface area (Å²) in [5.41, 5.74) is 1.02. The molecule has 0 aromatic carbocycles. The zero-order valence-electron chi connectivity index (χ0n) is 15.0. The lowest BCUT2D eigenvalue weighted by molar-refractivity contribution is -0.121. The smallest absolute Gasteiger partial charge is 0.244 e. The van der Waals surface area contributed by atoms with E-state index >= 15 is 0 Å². The van der Waals surface area contributed by atoms with E-state index in [0.717, 1.165) is 57.6 Å². The second-order valence-electron chi connectivity index (χ2n) is 8.15. The molecular weight excluding hydrogens is 306 g/mol. The molecule has 2 aliphatic rings. The Kier molecular flexibility index (Phi) is 5.25. The summed E-state index contributed by atoms with van der Waals surface area (Å²) in [7, 11) is 0. The summed E-state index contributed by atoms with van der Waals surface area (Å²) >= 11 is 0. The van der Waals surface area contributed by atoms with E-state index < -0.39 is 0 Å². The van der Waals surface area contributed by atoms with Crippen molar-refractivity contribution in [1.82, 2.24) is 10.1 Å². The number of aromatic nitrogens is 1. The van der Waals surface area contributed by atoms with Crippen LogP contribution in [0.1, 0.15) is 52.1 Å². The van der Waals surface area contributed by atoms with Gasteiger partial charge in [0.2, 0.25) is 11.8 Å². The van der Waals surface area contributed by atoms with Gasteiger partial charge in [0.15, 0.2) is 0 Å². The van der Waals surface area contributed by atoms with Gasteiger partial charge in [-0.1, -0.05) is 25.9 Å². The fourth-order valence-corrected chi connectivity index (χ4v) is 3.73. The summed E-state index contributed by atoms with van der Waals surface area (Å²) in [6, 6.07) is 2.24. The van der Waals surface area contributed by atoms with Crippen molar-refractivity contribution in [2.75, 3.05) is 25.1 Å². The highest BCUT2D eigenvalue weighted by Crippen LogP contribution is 2.27. The van der Waals surface area contributed by atoms with Gasteiger partial charge in [0.05, 0.1) is 11.7 Å². The van der Waals surface area contributed by atoms with E-state index in [4.69, 9.17) is 9.26 Å². The highest BCUT2D eigenvalue weighted by molar-refractivity contribution is 5.93. The summed E-state index contributed by atoms with van der Waals surface area (Å²) in [6.07, 6.45) is 4.83. The van der Waals surface area contributed by atoms with E-state index in [-0.39, 0.29) is 17.4 Å². The largest absolute Gasteiger partial charge is 0.381 e. The van der Waals surface area contributed by atoms with E-state index in [2.05, 4.69) is 36.1 Å². The number of amides is 1. The number of hydrogen-bond acceptors (Lipinski definition) is 5. The summed E-state index contributed by atoms with van der Waals surface area (Å²) < 4.78 is 10.7. The fourth-order valence-electron chi connectivity index (χ4n) is 3.73. The van der Waals surface area contributed by atoms with Crippen LogP contribution in [0.25, 0.3) is 0 Å². The first kappa shape index (κ1) is 17.4. The maximum atomic E-state index is 12.7. The van der Waals surface area contributed by atoms with Crippen molar-refractivity contribution in [2.45, 2.75) is 65.0 Å². The van der Waals surface area contributed by atoms with Crippen molar-refractivity contribution in [3.05, 3.63) is 11.8 Å². The standard InChI is InChI=1S/C18H29N3O3/c1-18(2,3)12-13-11-16(24-20-13)19-17(22)15-5-4-8-21(15)14-6-9-23-10-7-14/h11,14-15H,4-10,12H2,1-3H3,(H,19,22)/t15-/m0/s1. The van der Waals surface area contributed by atoms with Crippen LogP contribution in [-0.2, 0) is 16.0 Å². The van der Waals surface area contributed by atoms with Gasteiger partial charge >= 0.3 is 0 Å². The Morgan fingerprint density at radius 1 is 1.33 bits per heavy atom. The molecule has 6 heteroatoms. The van der Waals surface area contributed by atoms with Gasteiger partial charge in [0.1, 0.15) is 0 Å². The van der Waals surface area contributed by atoms with Crippen molar-refractivity contribution < 1.29 is 14.1 Å². The summed E-state index contributed by atoms with van der Waals surface area (Å²) in [6.45, 7) is 9.06. The second-order valence-corrected chi connectivity index (χ2v) is 8.15. The zero-order chi connectivity index (χ0) is 17.2. The average Bonchev–Trinajstić information content (AvgIpc) is 3.16. The van der Waals surface area contributed by atoms with Gasteiger partial charge in [-0.2, -0.15) is 0 Å². The first-order chi connectivity index (χ1) is 11.4. The maximum Gasteiger partial charge on any atom is 0.244 e. The van der Waals surface area contributed by atoms with Crippen LogP contribution in [0, 0.1) is 5.41 Å². The van der Waals surface area contributed by atoms with Crippen LogP contribution in [0.4, 0.5) is 5.88 Å². The first-order valence-corrected chi connectivity index (χ1v) is 9.02. The van der Waals surface area contributed by atoms with Crippen molar-refractivity contribution >= 4 is 11.8 Å². The van der Waals surface area contributed by atoms with Crippen LogP contribution in [0.3, 0.4) is 0 Å². The van der Waals surface area contributed by atoms with Gasteiger partial charge < -0.3 is 9.26 Å². The molecule has 2 aliphatic heterocycles. The molecule has 3 rings (SSSR count). The Morgan fingerprint density at radius 2 is 2.08 bits per heavy atom. The van der Waals surface area contributed by atoms with Crippen LogP contribution in [-0.4, -0.2) is 47.8 Å². The number of carbonyl (C=O) groups excluding carboxylic acids is 1. The van der Waals surface area contributed by atoms with Crippen LogP contribution in [0.2, 0.25) is 0 Å². The number of likely N-dealkylation sites (tertiary alicyclic amines) is 1. The number of nitrogens with one attached hydrogen (secondary N) is 1. The number of ether oxygens (including phenoxy) is 1. The molecular formula is C18H29N3O3. The Balaban J connectivity index is 1.59. The average molecular weight is 335 g/mol. The monoisotopic (exact) mass is 335 g/mol. The predicted octanol–water partition coefficient (Wildman–Crippen LogP) is 2.85. The molecule has 134 valence electrons. The molecule has 24 heavy (non-hydrogen) atoms. The third kappa shape index (κ3) is 4.36. The van der Waals surface area contributed by atoms with Gasteiger partial charge in [0, 0.05) is 25.3 Å². The number of nitrogens with zero attached hydrogens (tertiary/aromatic N) is 2. The molecule has 2 fully saturated rings. The topological polar surface area (TPSA) is 67.6 Å². The van der Waals surface area contributed by atoms with E-state index in [0.29, 0.717) is 11.9 Å². The summed E-state index contributed by atoms with van der Waals surface area (Å²) in [5.74, 6) is 0.482. The van der Waals surface area contributed by atoms with E-state index in [1.165, 1.54) is 0 Å². The first-order valence-electron chi connectivity index (χ1n) is 9.02. The second kappa shape index (κ2) is 7.23. The molecule has 0 bridgehead atoms. The van der Waals surface area contributed by atoms with E-state index in [1.807, 2.05) is 6.07 Å². The van der Waals surface area contributed by atoms with Gasteiger partial charge in [-0.25, -0.2) is 0 Å². The molecule has 1 aromatic rings. The number of carbonyl (C=O) groups is 1. The Morgan fingerprint density at radius 3 is 2.79 bits per heavy atom. The Hall–Kier alpha value is -1.40. The normalized spacial score (nSPS) is 23.5. The maximum absolute atomic E-state index is 12.7. The predicted molar refractivity (Wildman–Crippen MR) is 91.9 cm³/mol. The van der Waals surface area contributed by atoms with Crippen molar-refractivity contribution in [3.8, 4) is 0 Å². The van der Waals surface area contributed by atoms with Crippen molar-refractivity contribution in [1.29, 1.82) is 0 Å². The summed E-state index contributed by atoms with van der Waals surface area (Å²) in [5, 5.41) is 6.99.